The number of ether oxygens (including phenoxy) is 2. The predicted molar refractivity (Wildman–Crippen MR) is 85.8 cm³/mol. The summed E-state index contributed by atoms with van der Waals surface area (Å²) in [5, 5.41) is 15.5. The normalized spacial score (nSPS) is 12.5. The molecule has 21 heavy (non-hydrogen) atoms. The third-order valence-corrected chi connectivity index (χ3v) is 3.18. The van der Waals surface area contributed by atoms with E-state index in [0.29, 0.717) is 33.0 Å². The Hall–Kier alpha value is -1.62. The number of anilines is 1. The van der Waals surface area contributed by atoms with Crippen LogP contribution in [-0.2, 0) is 9.47 Å². The maximum atomic E-state index is 9.85. The quantitative estimate of drug-likeness (QED) is 0.697. The molecule has 114 valence electrons. The Kier molecular flexibility index (Phi) is 6.47. The molecule has 0 amide bonds. The minimum atomic E-state index is -0.530. The van der Waals surface area contributed by atoms with Gasteiger partial charge in [-0.1, -0.05) is 30.3 Å². The molecule has 1 atom stereocenters. The van der Waals surface area contributed by atoms with Crippen LogP contribution in [0.3, 0.4) is 0 Å². The molecule has 0 saturated carbocycles. The lowest BCUT2D eigenvalue weighted by atomic mass is 10.1. The van der Waals surface area contributed by atoms with E-state index in [4.69, 9.17) is 9.47 Å². The summed E-state index contributed by atoms with van der Waals surface area (Å²) in [4.78, 5) is 0. The summed E-state index contributed by atoms with van der Waals surface area (Å²) >= 11 is 0. The molecule has 4 nitrogen and oxygen atoms in total. The van der Waals surface area contributed by atoms with Crippen LogP contribution < -0.4 is 5.32 Å². The molecular formula is C17H23NO3. The van der Waals surface area contributed by atoms with Crippen LogP contribution in [0.25, 0.3) is 10.8 Å². The minimum absolute atomic E-state index is 0.313. The first-order valence-electron chi connectivity index (χ1n) is 7.36. The Labute approximate surface area is 125 Å². The Morgan fingerprint density at radius 3 is 2.62 bits per heavy atom. The van der Waals surface area contributed by atoms with Crippen molar-refractivity contribution in [2.45, 2.75) is 13.0 Å². The van der Waals surface area contributed by atoms with Crippen molar-refractivity contribution in [2.24, 2.45) is 0 Å². The van der Waals surface area contributed by atoms with Gasteiger partial charge in [0.05, 0.1) is 25.9 Å². The van der Waals surface area contributed by atoms with E-state index in [2.05, 4.69) is 29.6 Å². The highest BCUT2D eigenvalue weighted by atomic mass is 16.5. The van der Waals surface area contributed by atoms with Crippen molar-refractivity contribution in [3.8, 4) is 0 Å². The van der Waals surface area contributed by atoms with Gasteiger partial charge >= 0.3 is 0 Å². The predicted octanol–water partition coefficient (Wildman–Crippen LogP) is 2.67. The third-order valence-electron chi connectivity index (χ3n) is 3.18. The van der Waals surface area contributed by atoms with Crippen LogP contribution in [0.1, 0.15) is 6.92 Å². The van der Waals surface area contributed by atoms with Gasteiger partial charge in [0.25, 0.3) is 0 Å². The zero-order valence-corrected chi connectivity index (χ0v) is 12.4. The minimum Gasteiger partial charge on any atom is -0.389 e. The number of nitrogens with one attached hydrogen (secondary N) is 1. The third kappa shape index (κ3) is 5.34. The Morgan fingerprint density at radius 2 is 1.81 bits per heavy atom. The SMILES string of the molecule is CCOCCOCC(O)CNc1ccc2ccccc2c1. The molecule has 0 aliphatic carbocycles. The van der Waals surface area contributed by atoms with Gasteiger partial charge in [0.1, 0.15) is 0 Å². The molecule has 0 bridgehead atoms. The number of rotatable bonds is 9. The smallest absolute Gasteiger partial charge is 0.0945 e. The lowest BCUT2D eigenvalue weighted by molar-refractivity contribution is 0.0103. The summed E-state index contributed by atoms with van der Waals surface area (Å²) in [6, 6.07) is 14.4. The van der Waals surface area contributed by atoms with Gasteiger partial charge in [-0.05, 0) is 29.8 Å². The highest BCUT2D eigenvalue weighted by Crippen LogP contribution is 2.18. The van der Waals surface area contributed by atoms with E-state index in [-0.39, 0.29) is 0 Å². The van der Waals surface area contributed by atoms with E-state index in [9.17, 15) is 5.11 Å². The van der Waals surface area contributed by atoms with Gasteiger partial charge in [-0.25, -0.2) is 0 Å². The maximum absolute atomic E-state index is 9.85. The number of hydrogen-bond acceptors (Lipinski definition) is 4. The first-order chi connectivity index (χ1) is 10.3. The number of aliphatic hydroxyl groups is 1. The average molecular weight is 289 g/mol. The monoisotopic (exact) mass is 289 g/mol. The zero-order chi connectivity index (χ0) is 14.9. The molecule has 0 aliphatic rings. The largest absolute Gasteiger partial charge is 0.389 e. The fourth-order valence-corrected chi connectivity index (χ4v) is 2.08. The molecule has 2 aromatic carbocycles. The second kappa shape index (κ2) is 8.62. The van der Waals surface area contributed by atoms with Crippen molar-refractivity contribution in [2.75, 3.05) is 38.3 Å². The number of aliphatic hydroxyl groups excluding tert-OH is 1. The van der Waals surface area contributed by atoms with Crippen LogP contribution in [0.15, 0.2) is 42.5 Å². The molecule has 0 fully saturated rings. The van der Waals surface area contributed by atoms with Gasteiger partial charge in [-0.2, -0.15) is 0 Å². The van der Waals surface area contributed by atoms with E-state index >= 15 is 0 Å². The van der Waals surface area contributed by atoms with Crippen LogP contribution in [-0.4, -0.2) is 44.2 Å². The molecule has 0 aliphatic heterocycles. The van der Waals surface area contributed by atoms with Crippen LogP contribution in [0.2, 0.25) is 0 Å². The standard InChI is InChI=1S/C17H23NO3/c1-2-20-9-10-21-13-17(19)12-18-16-8-7-14-5-3-4-6-15(14)11-16/h3-8,11,17-19H,2,9-10,12-13H2,1H3. The van der Waals surface area contributed by atoms with E-state index in [1.54, 1.807) is 0 Å². The molecule has 0 heterocycles. The van der Waals surface area contributed by atoms with Gasteiger partial charge in [0.2, 0.25) is 0 Å². The van der Waals surface area contributed by atoms with Crippen LogP contribution in [0.4, 0.5) is 5.69 Å². The molecule has 2 rings (SSSR count). The van der Waals surface area contributed by atoms with Crippen molar-refractivity contribution in [3.63, 3.8) is 0 Å². The Balaban J connectivity index is 1.73. The molecule has 1 unspecified atom stereocenters. The van der Waals surface area contributed by atoms with Gasteiger partial charge in [0, 0.05) is 18.8 Å². The van der Waals surface area contributed by atoms with Gasteiger partial charge in [-0.3, -0.25) is 0 Å². The second-order valence-corrected chi connectivity index (χ2v) is 4.87. The molecule has 0 spiro atoms. The summed E-state index contributed by atoms with van der Waals surface area (Å²) in [5.41, 5.74) is 1.00. The first-order valence-corrected chi connectivity index (χ1v) is 7.36. The van der Waals surface area contributed by atoms with E-state index in [0.717, 1.165) is 5.69 Å². The Bertz CT molecular complexity index is 544. The molecule has 0 saturated heterocycles. The summed E-state index contributed by atoms with van der Waals surface area (Å²) < 4.78 is 10.5. The van der Waals surface area contributed by atoms with Crippen molar-refractivity contribution >= 4 is 16.5 Å². The van der Waals surface area contributed by atoms with E-state index < -0.39 is 6.10 Å². The summed E-state index contributed by atoms with van der Waals surface area (Å²) in [7, 11) is 0. The number of benzene rings is 2. The molecule has 2 aromatic rings. The van der Waals surface area contributed by atoms with Crippen molar-refractivity contribution < 1.29 is 14.6 Å². The van der Waals surface area contributed by atoms with Crippen molar-refractivity contribution in [1.82, 2.24) is 0 Å². The fourth-order valence-electron chi connectivity index (χ4n) is 2.08. The van der Waals surface area contributed by atoms with Crippen LogP contribution >= 0.6 is 0 Å². The van der Waals surface area contributed by atoms with Crippen molar-refractivity contribution in [1.29, 1.82) is 0 Å². The summed E-state index contributed by atoms with van der Waals surface area (Å²) in [6.07, 6.45) is -0.530. The highest BCUT2D eigenvalue weighted by molar-refractivity contribution is 5.85. The van der Waals surface area contributed by atoms with Crippen LogP contribution in [0.5, 0.6) is 0 Å². The average Bonchev–Trinajstić information content (AvgIpc) is 2.52. The van der Waals surface area contributed by atoms with Gasteiger partial charge in [0.15, 0.2) is 0 Å². The lowest BCUT2D eigenvalue weighted by Crippen LogP contribution is -2.25. The van der Waals surface area contributed by atoms with Crippen LogP contribution in [0, 0.1) is 0 Å². The molecule has 2 N–H and O–H groups in total. The second-order valence-electron chi connectivity index (χ2n) is 4.87. The van der Waals surface area contributed by atoms with E-state index in [1.165, 1.54) is 10.8 Å². The van der Waals surface area contributed by atoms with Gasteiger partial charge < -0.3 is 19.9 Å². The molecule has 0 radical (unpaired) electrons. The topological polar surface area (TPSA) is 50.7 Å². The maximum Gasteiger partial charge on any atom is 0.0945 e. The van der Waals surface area contributed by atoms with Gasteiger partial charge in [-0.15, -0.1) is 0 Å². The number of hydrogen-bond donors (Lipinski definition) is 2. The molecule has 0 aromatic heterocycles. The lowest BCUT2D eigenvalue weighted by Gasteiger charge is -2.13. The zero-order valence-electron chi connectivity index (χ0n) is 12.4. The first kappa shape index (κ1) is 15.8. The fraction of sp³-hybridized carbons (Fsp3) is 0.412. The van der Waals surface area contributed by atoms with E-state index in [1.807, 2.05) is 25.1 Å². The van der Waals surface area contributed by atoms with Crippen molar-refractivity contribution in [3.05, 3.63) is 42.5 Å². The summed E-state index contributed by atoms with van der Waals surface area (Å²) in [5.74, 6) is 0. The highest BCUT2D eigenvalue weighted by Gasteiger charge is 2.04. The Morgan fingerprint density at radius 1 is 1.05 bits per heavy atom. The summed E-state index contributed by atoms with van der Waals surface area (Å²) in [6.45, 7) is 4.50. The molecular weight excluding hydrogens is 266 g/mol. The number of fused-ring (bicyclic) bond motifs is 1. The molecule has 4 heteroatoms.